The summed E-state index contributed by atoms with van der Waals surface area (Å²) < 4.78 is 17.8. The van der Waals surface area contributed by atoms with Crippen LogP contribution in [-0.4, -0.2) is 21.4 Å². The Morgan fingerprint density at radius 3 is 3.11 bits per heavy atom. The minimum atomic E-state index is -0.305. The summed E-state index contributed by atoms with van der Waals surface area (Å²) >= 11 is 0. The van der Waals surface area contributed by atoms with E-state index in [1.165, 1.54) is 12.1 Å². The van der Waals surface area contributed by atoms with Crippen molar-refractivity contribution in [1.29, 1.82) is 0 Å². The largest absolute Gasteiger partial charge is 0.409 e. The molecule has 92 valence electrons. The fraction of sp³-hybridized carbons (Fsp3) is 0.182. The lowest BCUT2D eigenvalue weighted by Gasteiger charge is -2.28. The summed E-state index contributed by atoms with van der Waals surface area (Å²) in [5.74, 6) is -0.603. The number of aromatic nitrogens is 2. The van der Waals surface area contributed by atoms with E-state index in [2.05, 4.69) is 20.1 Å². The van der Waals surface area contributed by atoms with Gasteiger partial charge in [0.1, 0.15) is 11.5 Å². The molecule has 1 aromatic heterocycles. The highest BCUT2D eigenvalue weighted by Crippen LogP contribution is 2.40. The molecule has 3 rings (SSSR count). The van der Waals surface area contributed by atoms with Crippen LogP contribution in [0.1, 0.15) is 28.4 Å². The van der Waals surface area contributed by atoms with Gasteiger partial charge in [-0.2, -0.15) is 0 Å². The molecule has 0 radical (unpaired) electrons. The van der Waals surface area contributed by atoms with Gasteiger partial charge in [0.15, 0.2) is 11.5 Å². The second kappa shape index (κ2) is 3.80. The van der Waals surface area contributed by atoms with Crippen molar-refractivity contribution in [2.45, 2.75) is 12.3 Å². The van der Waals surface area contributed by atoms with Crippen molar-refractivity contribution in [2.24, 2.45) is 10.9 Å². The molecular formula is C11H9FN4O2. The second-order valence-corrected chi connectivity index (χ2v) is 4.08. The molecule has 0 amide bonds. The highest BCUT2D eigenvalue weighted by Gasteiger charge is 2.34. The molecule has 0 fully saturated rings. The second-order valence-electron chi connectivity index (χ2n) is 4.08. The molecule has 1 atom stereocenters. The number of oxime groups is 1. The third-order valence-electron chi connectivity index (χ3n) is 3.10. The zero-order chi connectivity index (χ0) is 12.7. The smallest absolute Gasteiger partial charge is 0.194 e. The van der Waals surface area contributed by atoms with Gasteiger partial charge in [0, 0.05) is 5.92 Å². The SMILES string of the molecule is N/C(=N\O)c1nonc1C1Cc2ccc(F)cc21. The lowest BCUT2D eigenvalue weighted by molar-refractivity contribution is 0.299. The number of nitrogens with zero attached hydrogens (tertiary/aromatic N) is 3. The van der Waals surface area contributed by atoms with Gasteiger partial charge in [-0.15, -0.1) is 0 Å². The van der Waals surface area contributed by atoms with E-state index < -0.39 is 0 Å². The number of benzene rings is 1. The van der Waals surface area contributed by atoms with Gasteiger partial charge >= 0.3 is 0 Å². The number of hydrogen-bond donors (Lipinski definition) is 2. The highest BCUT2D eigenvalue weighted by molar-refractivity contribution is 5.96. The Hall–Kier alpha value is -2.44. The van der Waals surface area contributed by atoms with Crippen molar-refractivity contribution in [3.05, 3.63) is 46.5 Å². The first-order valence-corrected chi connectivity index (χ1v) is 5.29. The maximum absolute atomic E-state index is 13.2. The van der Waals surface area contributed by atoms with Gasteiger partial charge in [-0.25, -0.2) is 9.02 Å². The van der Waals surface area contributed by atoms with Crippen LogP contribution in [0.15, 0.2) is 28.0 Å². The molecule has 0 spiro atoms. The Kier molecular flexibility index (Phi) is 2.26. The average molecular weight is 248 g/mol. The molecule has 0 saturated heterocycles. The van der Waals surface area contributed by atoms with Gasteiger partial charge in [0.05, 0.1) is 0 Å². The molecule has 3 N–H and O–H groups in total. The minimum Gasteiger partial charge on any atom is -0.409 e. The van der Waals surface area contributed by atoms with Crippen LogP contribution in [0.5, 0.6) is 0 Å². The van der Waals surface area contributed by atoms with E-state index in [1.807, 2.05) is 0 Å². The maximum Gasteiger partial charge on any atom is 0.194 e. The van der Waals surface area contributed by atoms with Crippen LogP contribution in [0, 0.1) is 5.82 Å². The number of rotatable bonds is 2. The van der Waals surface area contributed by atoms with E-state index in [-0.39, 0.29) is 23.3 Å². The molecule has 2 aromatic rings. The molecule has 18 heavy (non-hydrogen) atoms. The Morgan fingerprint density at radius 2 is 2.33 bits per heavy atom. The monoisotopic (exact) mass is 248 g/mol. The van der Waals surface area contributed by atoms with Crippen LogP contribution >= 0.6 is 0 Å². The summed E-state index contributed by atoms with van der Waals surface area (Å²) in [4.78, 5) is 0. The number of amidine groups is 1. The predicted octanol–water partition coefficient (Wildman–Crippen LogP) is 0.991. The first-order valence-electron chi connectivity index (χ1n) is 5.29. The van der Waals surface area contributed by atoms with Gasteiger partial charge in [-0.3, -0.25) is 0 Å². The summed E-state index contributed by atoms with van der Waals surface area (Å²) in [5.41, 5.74) is 8.00. The quantitative estimate of drug-likeness (QED) is 0.357. The Labute approximate surface area is 101 Å². The van der Waals surface area contributed by atoms with Crippen molar-refractivity contribution in [2.75, 3.05) is 0 Å². The summed E-state index contributed by atoms with van der Waals surface area (Å²) in [5, 5.41) is 18.8. The van der Waals surface area contributed by atoms with Crippen LogP contribution in [0.3, 0.4) is 0 Å². The summed E-state index contributed by atoms with van der Waals surface area (Å²) in [6.45, 7) is 0. The van der Waals surface area contributed by atoms with Crippen LogP contribution in [0.4, 0.5) is 4.39 Å². The minimum absolute atomic E-state index is 0.128. The van der Waals surface area contributed by atoms with Crippen molar-refractivity contribution in [1.82, 2.24) is 10.3 Å². The van der Waals surface area contributed by atoms with Crippen LogP contribution in [0.25, 0.3) is 0 Å². The zero-order valence-electron chi connectivity index (χ0n) is 9.17. The normalized spacial score (nSPS) is 18.3. The van der Waals surface area contributed by atoms with E-state index in [0.29, 0.717) is 12.1 Å². The Morgan fingerprint density at radius 1 is 1.50 bits per heavy atom. The van der Waals surface area contributed by atoms with Crippen molar-refractivity contribution in [3.63, 3.8) is 0 Å². The molecule has 0 saturated carbocycles. The predicted molar refractivity (Wildman–Crippen MR) is 58.8 cm³/mol. The van der Waals surface area contributed by atoms with E-state index in [4.69, 9.17) is 10.9 Å². The maximum atomic E-state index is 13.2. The van der Waals surface area contributed by atoms with Gasteiger partial charge in [0.25, 0.3) is 0 Å². The van der Waals surface area contributed by atoms with Gasteiger partial charge < -0.3 is 10.9 Å². The van der Waals surface area contributed by atoms with E-state index in [9.17, 15) is 4.39 Å². The number of hydrogen-bond acceptors (Lipinski definition) is 5. The topological polar surface area (TPSA) is 97.5 Å². The Bertz CT molecular complexity index is 638. The summed E-state index contributed by atoms with van der Waals surface area (Å²) in [7, 11) is 0. The lowest BCUT2D eigenvalue weighted by atomic mass is 9.75. The van der Waals surface area contributed by atoms with E-state index in [1.54, 1.807) is 6.07 Å². The molecule has 1 aliphatic rings. The molecular weight excluding hydrogens is 239 g/mol. The molecule has 7 heteroatoms. The molecule has 0 aliphatic heterocycles. The van der Waals surface area contributed by atoms with Crippen molar-refractivity contribution >= 4 is 5.84 Å². The zero-order valence-corrected chi connectivity index (χ0v) is 9.17. The molecule has 6 nitrogen and oxygen atoms in total. The van der Waals surface area contributed by atoms with E-state index in [0.717, 1.165) is 11.1 Å². The number of halogens is 1. The molecule has 1 unspecified atom stereocenters. The van der Waals surface area contributed by atoms with Gasteiger partial charge in [-0.05, 0) is 34.8 Å². The number of fused-ring (bicyclic) bond motifs is 1. The number of nitrogens with two attached hydrogens (primary N) is 1. The standard InChI is InChI=1S/C11H9FN4O2/c12-6-2-1-5-3-8(7(5)4-6)9-10(11(13)14-17)16-18-15-9/h1-2,4,8,17H,3H2,(H2,13,14). The van der Waals surface area contributed by atoms with Crippen molar-refractivity contribution in [3.8, 4) is 0 Å². The third-order valence-corrected chi connectivity index (χ3v) is 3.10. The van der Waals surface area contributed by atoms with Gasteiger partial charge in [0.2, 0.25) is 0 Å². The first-order chi connectivity index (χ1) is 8.70. The lowest BCUT2D eigenvalue weighted by Crippen LogP contribution is -2.23. The molecule has 1 aliphatic carbocycles. The molecule has 1 aromatic carbocycles. The van der Waals surface area contributed by atoms with Crippen molar-refractivity contribution < 1.29 is 14.2 Å². The molecule has 1 heterocycles. The summed E-state index contributed by atoms with van der Waals surface area (Å²) in [6, 6.07) is 4.60. The van der Waals surface area contributed by atoms with E-state index >= 15 is 0 Å². The van der Waals surface area contributed by atoms with Crippen LogP contribution in [0.2, 0.25) is 0 Å². The van der Waals surface area contributed by atoms with Crippen LogP contribution < -0.4 is 5.73 Å². The highest BCUT2D eigenvalue weighted by atomic mass is 19.1. The Balaban J connectivity index is 2.02. The summed E-state index contributed by atoms with van der Waals surface area (Å²) in [6.07, 6.45) is 0.704. The molecule has 0 bridgehead atoms. The first kappa shape index (κ1) is 10.7. The van der Waals surface area contributed by atoms with Crippen LogP contribution in [-0.2, 0) is 6.42 Å². The third kappa shape index (κ3) is 1.44. The van der Waals surface area contributed by atoms with Gasteiger partial charge in [-0.1, -0.05) is 16.4 Å². The average Bonchev–Trinajstić information content (AvgIpc) is 2.81. The fourth-order valence-electron chi connectivity index (χ4n) is 2.17. The fourth-order valence-corrected chi connectivity index (χ4v) is 2.17.